The maximum atomic E-state index is 5.76. The van der Waals surface area contributed by atoms with Crippen LogP contribution in [0.1, 0.15) is 42.5 Å². The Hall–Kier alpha value is -1.95. The Balaban J connectivity index is 1.24. The Morgan fingerprint density at radius 3 is 2.96 bits per heavy atom. The fourth-order valence-electron chi connectivity index (χ4n) is 3.06. The topological polar surface area (TPSA) is 67.1 Å². The predicted molar refractivity (Wildman–Crippen MR) is 87.1 cm³/mol. The van der Waals surface area contributed by atoms with Gasteiger partial charge in [-0.1, -0.05) is 6.07 Å². The van der Waals surface area contributed by atoms with E-state index in [-0.39, 0.29) is 0 Å². The SMILES string of the molecule is Cc1ccc(NC[C@@H]2CCN(Cc3nnc(C4CC4)o3)C2)nc1. The van der Waals surface area contributed by atoms with Crippen LogP contribution in [-0.2, 0) is 6.54 Å². The van der Waals surface area contributed by atoms with E-state index in [2.05, 4.69) is 38.4 Å². The van der Waals surface area contributed by atoms with E-state index in [4.69, 9.17) is 4.42 Å². The van der Waals surface area contributed by atoms with Crippen molar-refractivity contribution in [3.63, 3.8) is 0 Å². The van der Waals surface area contributed by atoms with Crippen LogP contribution in [0.5, 0.6) is 0 Å². The van der Waals surface area contributed by atoms with E-state index < -0.39 is 0 Å². The highest BCUT2D eigenvalue weighted by molar-refractivity contribution is 5.35. The monoisotopic (exact) mass is 313 g/mol. The second-order valence-electron chi connectivity index (χ2n) is 6.80. The number of hydrogen-bond acceptors (Lipinski definition) is 6. The van der Waals surface area contributed by atoms with E-state index in [0.717, 1.165) is 43.8 Å². The average molecular weight is 313 g/mol. The molecule has 1 aliphatic carbocycles. The van der Waals surface area contributed by atoms with Gasteiger partial charge in [-0.2, -0.15) is 0 Å². The Morgan fingerprint density at radius 1 is 1.26 bits per heavy atom. The molecular formula is C17H23N5O. The van der Waals surface area contributed by atoms with Crippen molar-refractivity contribution in [2.45, 2.75) is 38.6 Å². The lowest BCUT2D eigenvalue weighted by molar-refractivity contribution is 0.278. The third-order valence-electron chi connectivity index (χ3n) is 4.62. The summed E-state index contributed by atoms with van der Waals surface area (Å²) in [6.07, 6.45) is 5.50. The first-order valence-corrected chi connectivity index (χ1v) is 8.47. The molecule has 6 heteroatoms. The van der Waals surface area contributed by atoms with E-state index in [1.165, 1.54) is 24.8 Å². The molecule has 23 heavy (non-hydrogen) atoms. The van der Waals surface area contributed by atoms with Gasteiger partial charge in [0.05, 0.1) is 6.54 Å². The summed E-state index contributed by atoms with van der Waals surface area (Å²) in [6, 6.07) is 4.13. The van der Waals surface area contributed by atoms with Gasteiger partial charge in [0.25, 0.3) is 0 Å². The summed E-state index contributed by atoms with van der Waals surface area (Å²) < 4.78 is 5.76. The lowest BCUT2D eigenvalue weighted by Crippen LogP contribution is -2.23. The lowest BCUT2D eigenvalue weighted by atomic mass is 10.1. The summed E-state index contributed by atoms with van der Waals surface area (Å²) in [6.45, 7) is 5.95. The average Bonchev–Trinajstić information content (AvgIpc) is 3.14. The van der Waals surface area contributed by atoms with Crippen LogP contribution in [0.4, 0.5) is 5.82 Å². The molecule has 0 aromatic carbocycles. The summed E-state index contributed by atoms with van der Waals surface area (Å²) >= 11 is 0. The van der Waals surface area contributed by atoms with Crippen LogP contribution < -0.4 is 5.32 Å². The number of nitrogens with zero attached hydrogens (tertiary/aromatic N) is 4. The zero-order valence-corrected chi connectivity index (χ0v) is 13.5. The van der Waals surface area contributed by atoms with Gasteiger partial charge in [0.1, 0.15) is 5.82 Å². The zero-order valence-electron chi connectivity index (χ0n) is 13.5. The van der Waals surface area contributed by atoms with Gasteiger partial charge < -0.3 is 9.73 Å². The van der Waals surface area contributed by atoms with Gasteiger partial charge in [0, 0.05) is 25.2 Å². The molecule has 2 aliphatic rings. The number of pyridine rings is 1. The third kappa shape index (κ3) is 3.69. The minimum atomic E-state index is 0.536. The zero-order chi connectivity index (χ0) is 15.6. The van der Waals surface area contributed by atoms with Crippen LogP contribution in [0.25, 0.3) is 0 Å². The van der Waals surface area contributed by atoms with Crippen molar-refractivity contribution in [2.75, 3.05) is 25.0 Å². The number of nitrogens with one attached hydrogen (secondary N) is 1. The van der Waals surface area contributed by atoms with Gasteiger partial charge in [0.15, 0.2) is 0 Å². The van der Waals surface area contributed by atoms with Crippen LogP contribution >= 0.6 is 0 Å². The van der Waals surface area contributed by atoms with Gasteiger partial charge in [-0.3, -0.25) is 4.90 Å². The molecule has 6 nitrogen and oxygen atoms in total. The lowest BCUT2D eigenvalue weighted by Gasteiger charge is -2.14. The minimum absolute atomic E-state index is 0.536. The molecule has 1 saturated heterocycles. The normalized spacial score (nSPS) is 21.7. The van der Waals surface area contributed by atoms with Crippen LogP contribution in [0.15, 0.2) is 22.7 Å². The summed E-state index contributed by atoms with van der Waals surface area (Å²) in [7, 11) is 0. The smallest absolute Gasteiger partial charge is 0.230 e. The first kappa shape index (κ1) is 14.6. The van der Waals surface area contributed by atoms with Crippen LogP contribution in [0.3, 0.4) is 0 Å². The summed E-state index contributed by atoms with van der Waals surface area (Å²) in [5.74, 6) is 3.74. The van der Waals surface area contributed by atoms with Gasteiger partial charge in [-0.05, 0) is 50.3 Å². The second-order valence-corrected chi connectivity index (χ2v) is 6.80. The number of hydrogen-bond donors (Lipinski definition) is 1. The molecule has 4 rings (SSSR count). The molecule has 2 aromatic rings. The maximum absolute atomic E-state index is 5.76. The first-order chi connectivity index (χ1) is 11.3. The van der Waals surface area contributed by atoms with E-state index in [1.54, 1.807) is 0 Å². The van der Waals surface area contributed by atoms with Crippen LogP contribution in [0.2, 0.25) is 0 Å². The molecule has 0 unspecified atom stereocenters. The molecule has 0 amide bonds. The molecule has 3 heterocycles. The molecule has 0 bridgehead atoms. The summed E-state index contributed by atoms with van der Waals surface area (Å²) in [4.78, 5) is 6.80. The highest BCUT2D eigenvalue weighted by atomic mass is 16.4. The highest BCUT2D eigenvalue weighted by Gasteiger charge is 2.30. The van der Waals surface area contributed by atoms with Crippen LogP contribution in [-0.4, -0.2) is 39.7 Å². The fraction of sp³-hybridized carbons (Fsp3) is 0.588. The van der Waals surface area contributed by atoms with Crippen molar-refractivity contribution in [1.29, 1.82) is 0 Å². The maximum Gasteiger partial charge on any atom is 0.230 e. The van der Waals surface area contributed by atoms with Crippen molar-refractivity contribution in [3.05, 3.63) is 35.7 Å². The first-order valence-electron chi connectivity index (χ1n) is 8.47. The van der Waals surface area contributed by atoms with Gasteiger partial charge in [-0.15, -0.1) is 10.2 Å². The van der Waals surface area contributed by atoms with Crippen LogP contribution in [0, 0.1) is 12.8 Å². The number of anilines is 1. The molecular weight excluding hydrogens is 290 g/mol. The molecule has 1 saturated carbocycles. The van der Waals surface area contributed by atoms with E-state index in [1.807, 2.05) is 12.3 Å². The molecule has 0 radical (unpaired) electrons. The van der Waals surface area contributed by atoms with Gasteiger partial charge >= 0.3 is 0 Å². The Morgan fingerprint density at radius 2 is 2.17 bits per heavy atom. The molecule has 1 atom stereocenters. The summed E-state index contributed by atoms with van der Waals surface area (Å²) in [5, 5.41) is 11.8. The molecule has 2 aromatic heterocycles. The van der Waals surface area contributed by atoms with Crippen molar-refractivity contribution >= 4 is 5.82 Å². The number of rotatable bonds is 6. The molecule has 1 N–H and O–H groups in total. The Kier molecular flexibility index (Phi) is 3.99. The molecule has 122 valence electrons. The molecule has 0 spiro atoms. The molecule has 1 aliphatic heterocycles. The standard InChI is InChI=1S/C17H23N5O/c1-12-2-5-15(18-8-12)19-9-13-6-7-22(10-13)11-16-20-21-17(23-16)14-3-4-14/h2,5,8,13-14H,3-4,6-7,9-11H2,1H3,(H,18,19)/t13-/m0/s1. The third-order valence-corrected chi connectivity index (χ3v) is 4.62. The number of likely N-dealkylation sites (tertiary alicyclic amines) is 1. The number of aryl methyl sites for hydroxylation is 1. The Bertz CT molecular complexity index is 649. The van der Waals surface area contributed by atoms with E-state index in [9.17, 15) is 0 Å². The fourth-order valence-corrected chi connectivity index (χ4v) is 3.06. The van der Waals surface area contributed by atoms with E-state index in [0.29, 0.717) is 11.8 Å². The second kappa shape index (κ2) is 6.28. The molecule has 2 fully saturated rings. The van der Waals surface area contributed by atoms with Crippen molar-refractivity contribution < 1.29 is 4.42 Å². The Labute approximate surface area is 136 Å². The minimum Gasteiger partial charge on any atom is -0.424 e. The quantitative estimate of drug-likeness (QED) is 0.884. The van der Waals surface area contributed by atoms with Gasteiger partial charge in [-0.25, -0.2) is 4.98 Å². The van der Waals surface area contributed by atoms with Crippen molar-refractivity contribution in [3.8, 4) is 0 Å². The van der Waals surface area contributed by atoms with Gasteiger partial charge in [0.2, 0.25) is 11.8 Å². The van der Waals surface area contributed by atoms with Crippen molar-refractivity contribution in [2.24, 2.45) is 5.92 Å². The number of aromatic nitrogens is 3. The largest absolute Gasteiger partial charge is 0.424 e. The summed E-state index contributed by atoms with van der Waals surface area (Å²) in [5.41, 5.74) is 1.19. The van der Waals surface area contributed by atoms with E-state index >= 15 is 0 Å². The van der Waals surface area contributed by atoms with Crippen molar-refractivity contribution in [1.82, 2.24) is 20.1 Å². The predicted octanol–water partition coefficient (Wildman–Crippen LogP) is 2.58. The highest BCUT2D eigenvalue weighted by Crippen LogP contribution is 2.39.